The van der Waals surface area contributed by atoms with Crippen LogP contribution in [0.4, 0.5) is 5.69 Å². The van der Waals surface area contributed by atoms with Gasteiger partial charge in [0, 0.05) is 49.3 Å². The third kappa shape index (κ3) is 4.86. The van der Waals surface area contributed by atoms with Crippen molar-refractivity contribution in [2.45, 2.75) is 37.1 Å². The second-order valence-electron chi connectivity index (χ2n) is 9.30. The van der Waals surface area contributed by atoms with E-state index >= 15 is 0 Å². The van der Waals surface area contributed by atoms with Gasteiger partial charge in [-0.05, 0) is 48.2 Å². The predicted molar refractivity (Wildman–Crippen MR) is 127 cm³/mol. The van der Waals surface area contributed by atoms with Crippen LogP contribution in [0.15, 0.2) is 42.7 Å². The number of nitrogens with zero attached hydrogens (tertiary/aromatic N) is 4. The Hall–Kier alpha value is -3.14. The number of aliphatic hydroxyl groups excluding tert-OH is 1. The summed E-state index contributed by atoms with van der Waals surface area (Å²) in [5.74, 6) is 1.11. The van der Waals surface area contributed by atoms with Crippen molar-refractivity contribution in [3.8, 4) is 0 Å². The number of aromatic nitrogens is 4. The molecule has 3 aromatic rings. The van der Waals surface area contributed by atoms with Gasteiger partial charge in [-0.2, -0.15) is 0 Å². The summed E-state index contributed by atoms with van der Waals surface area (Å²) in [6.45, 7) is 2.38. The van der Waals surface area contributed by atoms with Gasteiger partial charge in [-0.25, -0.2) is 4.98 Å². The molecule has 0 atom stereocenters. The summed E-state index contributed by atoms with van der Waals surface area (Å²) < 4.78 is 7.52. The molecule has 1 saturated heterocycles. The van der Waals surface area contributed by atoms with E-state index in [4.69, 9.17) is 9.84 Å². The fourth-order valence-corrected chi connectivity index (χ4v) is 4.34. The Morgan fingerprint density at radius 1 is 1.26 bits per heavy atom. The molecule has 34 heavy (non-hydrogen) atoms. The molecule has 0 radical (unpaired) electrons. The van der Waals surface area contributed by atoms with Crippen molar-refractivity contribution in [2.75, 3.05) is 31.7 Å². The molecule has 0 unspecified atom stereocenters. The van der Waals surface area contributed by atoms with Gasteiger partial charge in [-0.15, -0.1) is 10.2 Å². The summed E-state index contributed by atoms with van der Waals surface area (Å²) >= 11 is 0. The van der Waals surface area contributed by atoms with Gasteiger partial charge in [0.2, 0.25) is 0 Å². The van der Waals surface area contributed by atoms with Crippen molar-refractivity contribution in [3.05, 3.63) is 71.1 Å². The smallest absolute Gasteiger partial charge is 0.274 e. The van der Waals surface area contributed by atoms with Gasteiger partial charge in [0.15, 0.2) is 0 Å². The first-order valence-corrected chi connectivity index (χ1v) is 11.7. The van der Waals surface area contributed by atoms with Crippen LogP contribution in [0, 0.1) is 0 Å². The van der Waals surface area contributed by atoms with Crippen LogP contribution in [0.3, 0.4) is 0 Å². The highest BCUT2D eigenvalue weighted by molar-refractivity contribution is 6.03. The van der Waals surface area contributed by atoms with Crippen LogP contribution in [0.2, 0.25) is 0 Å². The largest absolute Gasteiger partial charge is 0.395 e. The predicted octanol–water partition coefficient (Wildman–Crippen LogP) is 1.93. The second kappa shape index (κ2) is 9.61. The molecule has 1 aliphatic carbocycles. The molecular formula is C25H30N6O3. The zero-order valence-electron chi connectivity index (χ0n) is 19.3. The van der Waals surface area contributed by atoms with Crippen molar-refractivity contribution in [2.24, 2.45) is 7.05 Å². The summed E-state index contributed by atoms with van der Waals surface area (Å²) in [6.07, 6.45) is 4.64. The molecule has 1 amide bonds. The SMILES string of the molecule is Cn1cnnc1CC1(c2cccc(NC(=O)c3cc(CNCCO)cc(C4CC4)n3)c2)COC1. The van der Waals surface area contributed by atoms with Gasteiger partial charge in [-0.1, -0.05) is 12.1 Å². The number of benzene rings is 1. The van der Waals surface area contributed by atoms with E-state index in [0.29, 0.717) is 37.9 Å². The monoisotopic (exact) mass is 462 g/mol. The van der Waals surface area contributed by atoms with Crippen molar-refractivity contribution < 1.29 is 14.6 Å². The first-order valence-electron chi connectivity index (χ1n) is 11.7. The molecule has 5 rings (SSSR count). The molecule has 2 aromatic heterocycles. The maximum atomic E-state index is 13.2. The third-order valence-electron chi connectivity index (χ3n) is 6.54. The fraction of sp³-hybridized carbons (Fsp3) is 0.440. The topological polar surface area (TPSA) is 114 Å². The summed E-state index contributed by atoms with van der Waals surface area (Å²) in [5.41, 5.74) is 4.03. The molecular weight excluding hydrogens is 432 g/mol. The van der Waals surface area contributed by atoms with E-state index in [9.17, 15) is 4.79 Å². The van der Waals surface area contributed by atoms with E-state index in [0.717, 1.165) is 47.6 Å². The Morgan fingerprint density at radius 3 is 2.79 bits per heavy atom. The number of hydrogen-bond donors (Lipinski definition) is 3. The molecule has 2 fully saturated rings. The Balaban J connectivity index is 1.34. The highest BCUT2D eigenvalue weighted by Crippen LogP contribution is 2.39. The summed E-state index contributed by atoms with van der Waals surface area (Å²) in [4.78, 5) is 17.8. The lowest BCUT2D eigenvalue weighted by Gasteiger charge is -2.41. The highest BCUT2D eigenvalue weighted by Gasteiger charge is 2.41. The number of carbonyl (C=O) groups excluding carboxylic acids is 1. The Labute approximate surface area is 198 Å². The van der Waals surface area contributed by atoms with Crippen LogP contribution in [0.1, 0.15) is 51.9 Å². The summed E-state index contributed by atoms with van der Waals surface area (Å²) in [6, 6.07) is 11.8. The standard InChI is InChI=1S/C25H30N6O3/c1-31-16-27-30-23(31)12-25(14-34-15-25)19-3-2-4-20(11-19)28-24(33)22-10-17(13-26-7-8-32)9-21(29-22)18-5-6-18/h2-4,9-11,16,18,26,32H,5-8,12-15H2,1H3,(H,28,33). The zero-order chi connectivity index (χ0) is 23.5. The van der Waals surface area contributed by atoms with Crippen LogP contribution in [0.25, 0.3) is 0 Å². The van der Waals surface area contributed by atoms with Crippen LogP contribution in [-0.4, -0.2) is 57.1 Å². The van der Waals surface area contributed by atoms with Crippen molar-refractivity contribution in [3.63, 3.8) is 0 Å². The minimum absolute atomic E-state index is 0.0768. The molecule has 0 bridgehead atoms. The Morgan fingerprint density at radius 2 is 2.12 bits per heavy atom. The fourth-order valence-electron chi connectivity index (χ4n) is 4.34. The number of aryl methyl sites for hydroxylation is 1. The average Bonchev–Trinajstić information content (AvgIpc) is 3.59. The van der Waals surface area contributed by atoms with Crippen LogP contribution < -0.4 is 10.6 Å². The quantitative estimate of drug-likeness (QED) is 0.395. The number of carbonyl (C=O) groups is 1. The van der Waals surface area contributed by atoms with Crippen molar-refractivity contribution in [1.82, 2.24) is 25.1 Å². The third-order valence-corrected chi connectivity index (χ3v) is 6.54. The van der Waals surface area contributed by atoms with Crippen LogP contribution in [0.5, 0.6) is 0 Å². The number of rotatable bonds is 10. The van der Waals surface area contributed by atoms with E-state index in [-0.39, 0.29) is 17.9 Å². The molecule has 3 heterocycles. The Bertz CT molecular complexity index is 1170. The first kappa shape index (κ1) is 22.6. The second-order valence-corrected chi connectivity index (χ2v) is 9.30. The number of amides is 1. The lowest BCUT2D eigenvalue weighted by Crippen LogP contribution is -2.49. The summed E-state index contributed by atoms with van der Waals surface area (Å²) in [7, 11) is 1.94. The van der Waals surface area contributed by atoms with Crippen LogP contribution >= 0.6 is 0 Å². The van der Waals surface area contributed by atoms with Gasteiger partial charge in [-0.3, -0.25) is 4.79 Å². The maximum absolute atomic E-state index is 13.2. The zero-order valence-corrected chi connectivity index (χ0v) is 19.3. The first-order chi connectivity index (χ1) is 16.6. The van der Waals surface area contributed by atoms with E-state index in [1.807, 2.05) is 35.9 Å². The minimum atomic E-state index is -0.227. The number of anilines is 1. The molecule has 9 heteroatoms. The van der Waals surface area contributed by atoms with Gasteiger partial charge in [0.25, 0.3) is 5.91 Å². The molecule has 3 N–H and O–H groups in total. The molecule has 1 aromatic carbocycles. The molecule has 9 nitrogen and oxygen atoms in total. The molecule has 0 spiro atoms. The van der Waals surface area contributed by atoms with E-state index < -0.39 is 0 Å². The molecule has 178 valence electrons. The van der Waals surface area contributed by atoms with Gasteiger partial charge in [0.05, 0.1) is 19.8 Å². The van der Waals surface area contributed by atoms with Gasteiger partial charge >= 0.3 is 0 Å². The minimum Gasteiger partial charge on any atom is -0.395 e. The van der Waals surface area contributed by atoms with Crippen LogP contribution in [-0.2, 0) is 30.2 Å². The molecule has 1 aliphatic heterocycles. The van der Waals surface area contributed by atoms with Gasteiger partial charge < -0.3 is 25.0 Å². The highest BCUT2D eigenvalue weighted by atomic mass is 16.5. The molecule has 2 aliphatic rings. The normalized spacial score (nSPS) is 16.8. The number of hydrogen-bond acceptors (Lipinski definition) is 7. The number of nitrogens with one attached hydrogen (secondary N) is 2. The van der Waals surface area contributed by atoms with E-state index in [1.165, 1.54) is 0 Å². The molecule has 1 saturated carbocycles. The lowest BCUT2D eigenvalue weighted by molar-refractivity contribution is -0.0610. The lowest BCUT2D eigenvalue weighted by atomic mass is 9.75. The van der Waals surface area contributed by atoms with Crippen molar-refractivity contribution >= 4 is 11.6 Å². The van der Waals surface area contributed by atoms with Crippen molar-refractivity contribution in [1.29, 1.82) is 0 Å². The maximum Gasteiger partial charge on any atom is 0.274 e. The van der Waals surface area contributed by atoms with Gasteiger partial charge in [0.1, 0.15) is 17.8 Å². The summed E-state index contributed by atoms with van der Waals surface area (Å²) in [5, 5.41) is 23.5. The number of ether oxygens (including phenoxy) is 1. The number of aliphatic hydroxyl groups is 1. The van der Waals surface area contributed by atoms with E-state index in [2.05, 4.69) is 37.9 Å². The Kier molecular flexibility index (Phi) is 6.40. The average molecular weight is 463 g/mol. The van der Waals surface area contributed by atoms with E-state index in [1.54, 1.807) is 6.33 Å². The number of pyridine rings is 1.